The predicted molar refractivity (Wildman–Crippen MR) is 86.6 cm³/mol. The van der Waals surface area contributed by atoms with Crippen molar-refractivity contribution in [2.24, 2.45) is 0 Å². The van der Waals surface area contributed by atoms with Crippen LogP contribution in [-0.2, 0) is 4.74 Å². The Hall–Kier alpha value is -0.670. The van der Waals surface area contributed by atoms with Crippen molar-refractivity contribution >= 4 is 17.4 Å². The molecule has 2 fully saturated rings. The Morgan fingerprint density at radius 2 is 1.70 bits per heavy atom. The van der Waals surface area contributed by atoms with Crippen LogP contribution in [0, 0.1) is 0 Å². The van der Waals surface area contributed by atoms with Crippen LogP contribution >= 0.6 is 11.8 Å². The van der Waals surface area contributed by atoms with Gasteiger partial charge < -0.3 is 10.1 Å². The van der Waals surface area contributed by atoms with E-state index in [1.54, 1.807) is 0 Å². The molecule has 0 radical (unpaired) electrons. The van der Waals surface area contributed by atoms with Gasteiger partial charge in [0.05, 0.1) is 0 Å². The lowest BCUT2D eigenvalue weighted by molar-refractivity contribution is 0.144. The molecule has 1 saturated heterocycles. The molecule has 0 bridgehead atoms. The SMILES string of the molecule is c1cc(SC2CCCC2)ccc1NC1CCCOCC1. The molecule has 1 heterocycles. The van der Waals surface area contributed by atoms with Gasteiger partial charge >= 0.3 is 0 Å². The summed E-state index contributed by atoms with van der Waals surface area (Å²) >= 11 is 2.06. The maximum atomic E-state index is 5.51. The summed E-state index contributed by atoms with van der Waals surface area (Å²) in [6.45, 7) is 1.82. The summed E-state index contributed by atoms with van der Waals surface area (Å²) < 4.78 is 5.51. The fourth-order valence-corrected chi connectivity index (χ4v) is 4.36. The van der Waals surface area contributed by atoms with Crippen LogP contribution in [-0.4, -0.2) is 24.5 Å². The number of rotatable bonds is 4. The van der Waals surface area contributed by atoms with E-state index in [0.717, 1.165) is 24.9 Å². The summed E-state index contributed by atoms with van der Waals surface area (Å²) in [5.41, 5.74) is 1.26. The van der Waals surface area contributed by atoms with E-state index in [9.17, 15) is 0 Å². The summed E-state index contributed by atoms with van der Waals surface area (Å²) in [5.74, 6) is 0. The van der Waals surface area contributed by atoms with Gasteiger partial charge in [-0.05, 0) is 56.4 Å². The van der Waals surface area contributed by atoms with Crippen LogP contribution in [0.15, 0.2) is 29.2 Å². The Bertz CT molecular complexity index is 392. The van der Waals surface area contributed by atoms with Gasteiger partial charge in [0.2, 0.25) is 0 Å². The Balaban J connectivity index is 1.52. The first kappa shape index (κ1) is 14.3. The van der Waals surface area contributed by atoms with Crippen LogP contribution in [0.1, 0.15) is 44.9 Å². The van der Waals surface area contributed by atoms with Gasteiger partial charge in [0.15, 0.2) is 0 Å². The van der Waals surface area contributed by atoms with Crippen molar-refractivity contribution in [1.29, 1.82) is 0 Å². The third kappa shape index (κ3) is 4.16. The third-order valence-corrected chi connectivity index (χ3v) is 5.63. The number of ether oxygens (including phenoxy) is 1. The zero-order valence-electron chi connectivity index (χ0n) is 12.1. The van der Waals surface area contributed by atoms with Crippen LogP contribution in [0.5, 0.6) is 0 Å². The van der Waals surface area contributed by atoms with E-state index in [0.29, 0.717) is 6.04 Å². The van der Waals surface area contributed by atoms with Gasteiger partial charge in [-0.2, -0.15) is 0 Å². The van der Waals surface area contributed by atoms with Crippen LogP contribution in [0.25, 0.3) is 0 Å². The summed E-state index contributed by atoms with van der Waals surface area (Å²) in [5, 5.41) is 4.51. The fraction of sp³-hybridized carbons (Fsp3) is 0.647. The summed E-state index contributed by atoms with van der Waals surface area (Å²) in [4.78, 5) is 1.42. The van der Waals surface area contributed by atoms with E-state index >= 15 is 0 Å². The Kier molecular flexibility index (Phi) is 5.26. The number of anilines is 1. The van der Waals surface area contributed by atoms with Crippen molar-refractivity contribution in [2.75, 3.05) is 18.5 Å². The molecular formula is C17H25NOS. The topological polar surface area (TPSA) is 21.3 Å². The van der Waals surface area contributed by atoms with Crippen LogP contribution in [0.4, 0.5) is 5.69 Å². The molecule has 2 nitrogen and oxygen atoms in total. The van der Waals surface area contributed by atoms with Gasteiger partial charge in [0.1, 0.15) is 0 Å². The number of thioether (sulfide) groups is 1. The van der Waals surface area contributed by atoms with E-state index in [2.05, 4.69) is 41.3 Å². The molecule has 3 heteroatoms. The van der Waals surface area contributed by atoms with Gasteiger partial charge in [-0.1, -0.05) is 12.8 Å². The molecule has 0 spiro atoms. The van der Waals surface area contributed by atoms with E-state index in [-0.39, 0.29) is 0 Å². The average Bonchev–Trinajstić information content (AvgIpc) is 2.84. The lowest BCUT2D eigenvalue weighted by Gasteiger charge is -2.17. The molecule has 1 unspecified atom stereocenters. The van der Waals surface area contributed by atoms with Gasteiger partial charge in [-0.3, -0.25) is 0 Å². The van der Waals surface area contributed by atoms with Gasteiger partial charge in [-0.25, -0.2) is 0 Å². The van der Waals surface area contributed by atoms with Gasteiger partial charge in [-0.15, -0.1) is 11.8 Å². The molecule has 1 aromatic carbocycles. The Morgan fingerprint density at radius 3 is 2.50 bits per heavy atom. The zero-order valence-corrected chi connectivity index (χ0v) is 13.0. The van der Waals surface area contributed by atoms with E-state index in [1.807, 2.05) is 0 Å². The first-order valence-electron chi connectivity index (χ1n) is 8.01. The lowest BCUT2D eigenvalue weighted by Crippen LogP contribution is -2.19. The Labute approximate surface area is 126 Å². The van der Waals surface area contributed by atoms with Crippen LogP contribution in [0.2, 0.25) is 0 Å². The molecular weight excluding hydrogens is 266 g/mol. The Morgan fingerprint density at radius 1 is 0.900 bits per heavy atom. The van der Waals surface area contributed by atoms with Crippen molar-refractivity contribution in [1.82, 2.24) is 0 Å². The normalized spacial score (nSPS) is 24.5. The number of benzene rings is 1. The number of hydrogen-bond donors (Lipinski definition) is 1. The molecule has 1 aliphatic carbocycles. The molecule has 20 heavy (non-hydrogen) atoms. The quantitative estimate of drug-likeness (QED) is 0.868. The van der Waals surface area contributed by atoms with Crippen molar-refractivity contribution in [3.05, 3.63) is 24.3 Å². The van der Waals surface area contributed by atoms with E-state index in [4.69, 9.17) is 4.74 Å². The highest BCUT2D eigenvalue weighted by Crippen LogP contribution is 2.35. The second kappa shape index (κ2) is 7.37. The molecule has 1 N–H and O–H groups in total. The monoisotopic (exact) mass is 291 g/mol. The molecule has 1 aromatic rings. The first-order chi connectivity index (χ1) is 9.90. The minimum absolute atomic E-state index is 0.575. The number of nitrogens with one attached hydrogen (secondary N) is 1. The summed E-state index contributed by atoms with van der Waals surface area (Å²) in [6.07, 6.45) is 9.14. The first-order valence-corrected chi connectivity index (χ1v) is 8.89. The molecule has 110 valence electrons. The minimum atomic E-state index is 0.575. The van der Waals surface area contributed by atoms with Crippen LogP contribution in [0.3, 0.4) is 0 Å². The highest BCUT2D eigenvalue weighted by atomic mass is 32.2. The standard InChI is InChI=1S/C17H25NOS/c1-2-6-16(5-1)20-17-9-7-15(8-10-17)18-14-4-3-12-19-13-11-14/h7-10,14,16,18H,1-6,11-13H2. The van der Waals surface area contributed by atoms with Crippen molar-refractivity contribution in [2.45, 2.75) is 61.1 Å². The molecule has 3 rings (SSSR count). The number of hydrogen-bond acceptors (Lipinski definition) is 3. The summed E-state index contributed by atoms with van der Waals surface area (Å²) in [7, 11) is 0. The third-order valence-electron chi connectivity index (χ3n) is 4.28. The molecule has 1 atom stereocenters. The largest absolute Gasteiger partial charge is 0.382 e. The smallest absolute Gasteiger partial charge is 0.0485 e. The van der Waals surface area contributed by atoms with Gasteiger partial charge in [0, 0.05) is 35.1 Å². The lowest BCUT2D eigenvalue weighted by atomic mass is 10.1. The average molecular weight is 291 g/mol. The van der Waals surface area contributed by atoms with Crippen LogP contribution < -0.4 is 5.32 Å². The molecule has 1 saturated carbocycles. The highest BCUT2D eigenvalue weighted by molar-refractivity contribution is 8.00. The zero-order chi connectivity index (χ0) is 13.6. The minimum Gasteiger partial charge on any atom is -0.382 e. The second-order valence-electron chi connectivity index (χ2n) is 5.93. The molecule has 2 aliphatic rings. The van der Waals surface area contributed by atoms with E-state index < -0.39 is 0 Å². The fourth-order valence-electron chi connectivity index (χ4n) is 3.11. The summed E-state index contributed by atoms with van der Waals surface area (Å²) in [6, 6.07) is 9.61. The predicted octanol–water partition coefficient (Wildman–Crippen LogP) is 4.70. The maximum Gasteiger partial charge on any atom is 0.0485 e. The maximum absolute atomic E-state index is 5.51. The molecule has 1 aliphatic heterocycles. The van der Waals surface area contributed by atoms with Crippen molar-refractivity contribution in [3.8, 4) is 0 Å². The van der Waals surface area contributed by atoms with Crippen molar-refractivity contribution in [3.63, 3.8) is 0 Å². The molecule has 0 aromatic heterocycles. The highest BCUT2D eigenvalue weighted by Gasteiger charge is 2.16. The second-order valence-corrected chi connectivity index (χ2v) is 7.31. The van der Waals surface area contributed by atoms with Crippen molar-refractivity contribution < 1.29 is 4.74 Å². The van der Waals surface area contributed by atoms with E-state index in [1.165, 1.54) is 49.1 Å². The van der Waals surface area contributed by atoms with Gasteiger partial charge in [0.25, 0.3) is 0 Å². The molecule has 0 amide bonds.